The van der Waals surface area contributed by atoms with Gasteiger partial charge in [0, 0.05) is 43.4 Å². The summed E-state index contributed by atoms with van der Waals surface area (Å²) in [5.74, 6) is -0.268. The Bertz CT molecular complexity index is 1030. The first-order valence-electron chi connectivity index (χ1n) is 9.87. The second-order valence-electron chi connectivity index (χ2n) is 7.30. The SMILES string of the molecule is CCN(C(=O)C1CCN(S(=O)(=O)c2cc([N+](=O)[O-])ccc2C)CC1)c1ccccc1. The molecule has 1 amide bonds. The predicted molar refractivity (Wildman–Crippen MR) is 114 cm³/mol. The number of carbonyl (C=O) groups is 1. The Morgan fingerprint density at radius 1 is 1.17 bits per heavy atom. The first kappa shape index (κ1) is 21.9. The Morgan fingerprint density at radius 3 is 2.37 bits per heavy atom. The van der Waals surface area contributed by atoms with Crippen molar-refractivity contribution in [3.8, 4) is 0 Å². The molecule has 1 aliphatic rings. The van der Waals surface area contributed by atoms with E-state index in [1.807, 2.05) is 37.3 Å². The van der Waals surface area contributed by atoms with Crippen LogP contribution < -0.4 is 4.90 Å². The molecule has 2 aromatic carbocycles. The molecule has 1 aliphatic heterocycles. The lowest BCUT2D eigenvalue weighted by molar-refractivity contribution is -0.385. The highest BCUT2D eigenvalue weighted by Gasteiger charge is 2.35. The minimum atomic E-state index is -3.87. The molecule has 0 aromatic heterocycles. The number of para-hydroxylation sites is 1. The van der Waals surface area contributed by atoms with Crippen LogP contribution in [0.1, 0.15) is 25.3 Å². The van der Waals surface area contributed by atoms with Crippen LogP contribution in [-0.4, -0.2) is 43.2 Å². The average molecular weight is 432 g/mol. The van der Waals surface area contributed by atoms with Crippen LogP contribution in [0, 0.1) is 23.0 Å². The fourth-order valence-electron chi connectivity index (χ4n) is 3.76. The summed E-state index contributed by atoms with van der Waals surface area (Å²) in [7, 11) is -3.87. The fourth-order valence-corrected chi connectivity index (χ4v) is 5.47. The van der Waals surface area contributed by atoms with Crippen LogP contribution in [-0.2, 0) is 14.8 Å². The summed E-state index contributed by atoms with van der Waals surface area (Å²) < 4.78 is 27.5. The van der Waals surface area contributed by atoms with Crippen molar-refractivity contribution in [2.45, 2.75) is 31.6 Å². The molecule has 0 atom stereocenters. The smallest absolute Gasteiger partial charge is 0.270 e. The largest absolute Gasteiger partial charge is 0.312 e. The molecule has 0 bridgehead atoms. The van der Waals surface area contributed by atoms with Gasteiger partial charge in [0.1, 0.15) is 0 Å². The summed E-state index contributed by atoms with van der Waals surface area (Å²) in [5, 5.41) is 11.0. The number of non-ortho nitro benzene ring substituents is 1. The molecule has 2 aromatic rings. The number of nitro groups is 1. The van der Waals surface area contributed by atoms with Gasteiger partial charge in [0.25, 0.3) is 5.69 Å². The molecule has 8 nitrogen and oxygen atoms in total. The van der Waals surface area contributed by atoms with Crippen LogP contribution in [0.15, 0.2) is 53.4 Å². The summed E-state index contributed by atoms with van der Waals surface area (Å²) >= 11 is 0. The van der Waals surface area contributed by atoms with Crippen LogP contribution in [0.2, 0.25) is 0 Å². The monoisotopic (exact) mass is 431 g/mol. The molecule has 0 unspecified atom stereocenters. The molecule has 1 fully saturated rings. The van der Waals surface area contributed by atoms with Gasteiger partial charge in [-0.2, -0.15) is 4.31 Å². The highest BCUT2D eigenvalue weighted by molar-refractivity contribution is 7.89. The van der Waals surface area contributed by atoms with E-state index in [2.05, 4.69) is 0 Å². The van der Waals surface area contributed by atoms with Gasteiger partial charge in [-0.3, -0.25) is 14.9 Å². The number of aryl methyl sites for hydroxylation is 1. The number of piperidine rings is 1. The summed E-state index contributed by atoms with van der Waals surface area (Å²) in [5.41, 5.74) is 1.03. The maximum Gasteiger partial charge on any atom is 0.270 e. The highest BCUT2D eigenvalue weighted by atomic mass is 32.2. The normalized spacial score (nSPS) is 15.7. The molecule has 1 heterocycles. The average Bonchev–Trinajstić information content (AvgIpc) is 2.75. The van der Waals surface area contributed by atoms with Gasteiger partial charge < -0.3 is 4.90 Å². The minimum absolute atomic E-state index is 0.00715. The van der Waals surface area contributed by atoms with E-state index < -0.39 is 14.9 Å². The molecule has 0 saturated carbocycles. The summed E-state index contributed by atoms with van der Waals surface area (Å²) in [6, 6.07) is 13.3. The lowest BCUT2D eigenvalue weighted by Gasteiger charge is -2.33. The Labute approximate surface area is 176 Å². The Balaban J connectivity index is 1.74. The number of benzene rings is 2. The molecule has 0 spiro atoms. The van der Waals surface area contributed by atoms with Gasteiger partial charge in [0.15, 0.2) is 0 Å². The summed E-state index contributed by atoms with van der Waals surface area (Å²) in [6.45, 7) is 4.47. The summed E-state index contributed by atoms with van der Waals surface area (Å²) in [6.07, 6.45) is 0.824. The van der Waals surface area contributed by atoms with E-state index in [4.69, 9.17) is 0 Å². The highest BCUT2D eigenvalue weighted by Crippen LogP contribution is 2.29. The molecular formula is C21H25N3O5S. The number of anilines is 1. The van der Waals surface area contributed by atoms with Crippen molar-refractivity contribution in [1.29, 1.82) is 0 Å². The number of amides is 1. The third kappa shape index (κ3) is 4.36. The molecule has 3 rings (SSSR count). The number of hydrogen-bond acceptors (Lipinski definition) is 5. The molecule has 0 aliphatic carbocycles. The minimum Gasteiger partial charge on any atom is -0.312 e. The van der Waals surface area contributed by atoms with Crippen molar-refractivity contribution in [2.75, 3.05) is 24.5 Å². The Kier molecular flexibility index (Phi) is 6.52. The van der Waals surface area contributed by atoms with Gasteiger partial charge in [-0.25, -0.2) is 8.42 Å². The van der Waals surface area contributed by atoms with Gasteiger partial charge in [-0.05, 0) is 44.4 Å². The van der Waals surface area contributed by atoms with Crippen LogP contribution in [0.5, 0.6) is 0 Å². The van der Waals surface area contributed by atoms with Crippen LogP contribution in [0.3, 0.4) is 0 Å². The first-order chi connectivity index (χ1) is 14.3. The van der Waals surface area contributed by atoms with Crippen molar-refractivity contribution in [1.82, 2.24) is 4.31 Å². The number of hydrogen-bond donors (Lipinski definition) is 0. The number of rotatable bonds is 6. The van der Waals surface area contributed by atoms with Crippen molar-refractivity contribution in [3.05, 3.63) is 64.2 Å². The molecule has 0 N–H and O–H groups in total. The van der Waals surface area contributed by atoms with E-state index in [0.29, 0.717) is 24.9 Å². The first-order valence-corrected chi connectivity index (χ1v) is 11.3. The van der Waals surface area contributed by atoms with E-state index in [-0.39, 0.29) is 35.5 Å². The Morgan fingerprint density at radius 2 is 1.80 bits per heavy atom. The maximum atomic E-state index is 13.1. The molecule has 1 saturated heterocycles. The third-order valence-electron chi connectivity index (χ3n) is 5.45. The molecule has 0 radical (unpaired) electrons. The van der Waals surface area contributed by atoms with Crippen molar-refractivity contribution in [3.63, 3.8) is 0 Å². The van der Waals surface area contributed by atoms with Gasteiger partial charge in [0.05, 0.1) is 9.82 Å². The van der Waals surface area contributed by atoms with E-state index in [1.54, 1.807) is 11.8 Å². The lowest BCUT2D eigenvalue weighted by atomic mass is 9.96. The quantitative estimate of drug-likeness (QED) is 0.516. The van der Waals surface area contributed by atoms with Crippen molar-refractivity contribution in [2.24, 2.45) is 5.92 Å². The molecule has 9 heteroatoms. The lowest BCUT2D eigenvalue weighted by Crippen LogP contribution is -2.44. The van der Waals surface area contributed by atoms with Crippen molar-refractivity contribution < 1.29 is 18.1 Å². The maximum absolute atomic E-state index is 13.1. The van der Waals surface area contributed by atoms with Gasteiger partial charge in [-0.1, -0.05) is 24.3 Å². The molecular weight excluding hydrogens is 406 g/mol. The third-order valence-corrected chi connectivity index (χ3v) is 7.49. The van der Waals surface area contributed by atoms with E-state index in [9.17, 15) is 23.3 Å². The van der Waals surface area contributed by atoms with E-state index in [0.717, 1.165) is 11.8 Å². The second kappa shape index (κ2) is 8.93. The number of nitrogens with zero attached hydrogens (tertiary/aromatic N) is 3. The van der Waals surface area contributed by atoms with Crippen LogP contribution in [0.4, 0.5) is 11.4 Å². The van der Waals surface area contributed by atoms with Crippen LogP contribution in [0.25, 0.3) is 0 Å². The van der Waals surface area contributed by atoms with Crippen LogP contribution >= 0.6 is 0 Å². The fraction of sp³-hybridized carbons (Fsp3) is 0.381. The zero-order chi connectivity index (χ0) is 21.9. The van der Waals surface area contributed by atoms with E-state index >= 15 is 0 Å². The summed E-state index contributed by atoms with van der Waals surface area (Å²) in [4.78, 5) is 25.1. The topological polar surface area (TPSA) is 101 Å². The van der Waals surface area contributed by atoms with Gasteiger partial charge in [0.2, 0.25) is 15.9 Å². The van der Waals surface area contributed by atoms with Crippen molar-refractivity contribution >= 4 is 27.3 Å². The number of sulfonamides is 1. The second-order valence-corrected chi connectivity index (χ2v) is 9.21. The molecule has 160 valence electrons. The predicted octanol–water partition coefficient (Wildman–Crippen LogP) is 3.36. The molecule has 30 heavy (non-hydrogen) atoms. The van der Waals surface area contributed by atoms with Gasteiger partial charge >= 0.3 is 0 Å². The number of carbonyl (C=O) groups excluding carboxylic acids is 1. The van der Waals surface area contributed by atoms with Gasteiger partial charge in [-0.15, -0.1) is 0 Å². The zero-order valence-electron chi connectivity index (χ0n) is 17.0. The van der Waals surface area contributed by atoms with E-state index in [1.165, 1.54) is 16.4 Å². The standard InChI is InChI=1S/C21H25N3O5S/c1-3-23(18-7-5-4-6-8-18)21(25)17-11-13-22(14-12-17)30(28,29)20-15-19(24(26)27)10-9-16(20)2/h4-10,15,17H,3,11-14H2,1-2H3. The zero-order valence-corrected chi connectivity index (χ0v) is 17.8. The number of nitro benzene ring substituents is 1. The Hall–Kier alpha value is -2.78.